The molecule has 0 fully saturated rings. The van der Waals surface area contributed by atoms with Gasteiger partial charge in [0.1, 0.15) is 12.4 Å². The summed E-state index contributed by atoms with van der Waals surface area (Å²) in [5.41, 5.74) is 1.85. The molecule has 0 saturated heterocycles. The molecule has 3 rings (SSSR count). The predicted molar refractivity (Wildman–Crippen MR) is 97.4 cm³/mol. The first-order valence-corrected chi connectivity index (χ1v) is 8.51. The fourth-order valence-electron chi connectivity index (χ4n) is 2.13. The highest BCUT2D eigenvalue weighted by atomic mass is 32.1. The molecule has 0 radical (unpaired) electrons. The van der Waals surface area contributed by atoms with Crippen LogP contribution in [0.3, 0.4) is 0 Å². The molecule has 4 nitrogen and oxygen atoms in total. The van der Waals surface area contributed by atoms with E-state index in [2.05, 4.69) is 10.6 Å². The molecule has 122 valence electrons. The predicted octanol–water partition coefficient (Wildman–Crippen LogP) is 4.65. The van der Waals surface area contributed by atoms with E-state index in [4.69, 9.17) is 4.74 Å². The van der Waals surface area contributed by atoms with Gasteiger partial charge >= 0.3 is 6.03 Å². The Labute approximate surface area is 145 Å². The average molecular weight is 338 g/mol. The average Bonchev–Trinajstić information content (AvgIpc) is 3.14. The summed E-state index contributed by atoms with van der Waals surface area (Å²) in [5.74, 6) is 0.767. The van der Waals surface area contributed by atoms with E-state index in [1.165, 1.54) is 0 Å². The van der Waals surface area contributed by atoms with E-state index in [9.17, 15) is 4.79 Å². The first-order chi connectivity index (χ1) is 11.8. The summed E-state index contributed by atoms with van der Waals surface area (Å²) in [4.78, 5) is 13.0. The molecule has 0 aliphatic carbocycles. The molecule has 1 aromatic heterocycles. The molecule has 0 spiro atoms. The Balaban J connectivity index is 1.46. The number of carbonyl (C=O) groups excluding carboxylic acids is 1. The van der Waals surface area contributed by atoms with Crippen LogP contribution < -0.4 is 15.4 Å². The molecule has 2 aromatic carbocycles. The second kappa shape index (κ2) is 8.17. The van der Waals surface area contributed by atoms with Crippen LogP contribution in [0.4, 0.5) is 10.5 Å². The first-order valence-electron chi connectivity index (χ1n) is 7.63. The molecule has 0 aliphatic heterocycles. The maximum Gasteiger partial charge on any atom is 0.319 e. The maximum atomic E-state index is 11.9. The molecule has 1 heterocycles. The van der Waals surface area contributed by atoms with Crippen LogP contribution in [-0.4, -0.2) is 6.03 Å². The molecule has 3 aromatic rings. The van der Waals surface area contributed by atoms with E-state index in [0.29, 0.717) is 13.2 Å². The molecule has 2 N–H and O–H groups in total. The van der Waals surface area contributed by atoms with Crippen LogP contribution in [0.1, 0.15) is 10.4 Å². The van der Waals surface area contributed by atoms with Gasteiger partial charge in [-0.1, -0.05) is 36.4 Å². The zero-order valence-corrected chi connectivity index (χ0v) is 13.9. The minimum atomic E-state index is -0.221. The smallest absolute Gasteiger partial charge is 0.319 e. The van der Waals surface area contributed by atoms with E-state index >= 15 is 0 Å². The van der Waals surface area contributed by atoms with E-state index in [-0.39, 0.29) is 6.03 Å². The number of nitrogens with one attached hydrogen (secondary N) is 2. The Morgan fingerprint density at radius 2 is 1.75 bits per heavy atom. The van der Waals surface area contributed by atoms with Crippen molar-refractivity contribution >= 4 is 23.1 Å². The third kappa shape index (κ3) is 4.86. The number of benzene rings is 2. The van der Waals surface area contributed by atoms with Crippen LogP contribution in [0.15, 0.2) is 72.1 Å². The van der Waals surface area contributed by atoms with Crippen molar-refractivity contribution < 1.29 is 9.53 Å². The standard InChI is InChI=1S/C19H18N2O2S/c22-19(20-13-18-7-4-12-24-18)21-16-8-10-17(11-9-16)23-14-15-5-2-1-3-6-15/h1-12H,13-14H2,(H2,20,21,22). The number of urea groups is 1. The number of ether oxygens (including phenoxy) is 1. The van der Waals surface area contributed by atoms with Crippen LogP contribution in [-0.2, 0) is 13.2 Å². The van der Waals surface area contributed by atoms with Crippen molar-refractivity contribution in [1.82, 2.24) is 5.32 Å². The second-order valence-electron chi connectivity index (χ2n) is 5.19. The molecule has 2 amide bonds. The van der Waals surface area contributed by atoms with Crippen LogP contribution >= 0.6 is 11.3 Å². The topological polar surface area (TPSA) is 50.4 Å². The Morgan fingerprint density at radius 3 is 2.46 bits per heavy atom. The highest BCUT2D eigenvalue weighted by molar-refractivity contribution is 7.09. The highest BCUT2D eigenvalue weighted by Crippen LogP contribution is 2.17. The zero-order chi connectivity index (χ0) is 16.6. The molecule has 0 atom stereocenters. The number of anilines is 1. The number of thiophene rings is 1. The summed E-state index contributed by atoms with van der Waals surface area (Å²) in [6, 6.07) is 21.1. The number of rotatable bonds is 6. The van der Waals surface area contributed by atoms with Crippen molar-refractivity contribution in [1.29, 1.82) is 0 Å². The van der Waals surface area contributed by atoms with Crippen LogP contribution in [0, 0.1) is 0 Å². The minimum absolute atomic E-state index is 0.221. The van der Waals surface area contributed by atoms with E-state index < -0.39 is 0 Å². The zero-order valence-electron chi connectivity index (χ0n) is 13.1. The van der Waals surface area contributed by atoms with Gasteiger partial charge in [-0.3, -0.25) is 0 Å². The summed E-state index contributed by atoms with van der Waals surface area (Å²) >= 11 is 1.62. The first kappa shape index (κ1) is 16.1. The van der Waals surface area contributed by atoms with Crippen molar-refractivity contribution in [3.05, 3.63) is 82.6 Å². The van der Waals surface area contributed by atoms with E-state index in [1.54, 1.807) is 11.3 Å². The van der Waals surface area contributed by atoms with Gasteiger partial charge in [0.2, 0.25) is 0 Å². The lowest BCUT2D eigenvalue weighted by Gasteiger charge is -2.09. The minimum Gasteiger partial charge on any atom is -0.489 e. The van der Waals surface area contributed by atoms with Crippen molar-refractivity contribution in [2.45, 2.75) is 13.2 Å². The van der Waals surface area contributed by atoms with Gasteiger partial charge in [-0.25, -0.2) is 4.79 Å². The van der Waals surface area contributed by atoms with Gasteiger partial charge in [0.25, 0.3) is 0 Å². The third-order valence-corrected chi connectivity index (χ3v) is 4.24. The number of hydrogen-bond acceptors (Lipinski definition) is 3. The van der Waals surface area contributed by atoms with Gasteiger partial charge in [-0.05, 0) is 41.3 Å². The molecular weight excluding hydrogens is 320 g/mol. The summed E-state index contributed by atoms with van der Waals surface area (Å²) in [6.07, 6.45) is 0. The molecule has 5 heteroatoms. The SMILES string of the molecule is O=C(NCc1cccs1)Nc1ccc(OCc2ccccc2)cc1. The van der Waals surface area contributed by atoms with Gasteiger partial charge in [0.05, 0.1) is 6.54 Å². The van der Waals surface area contributed by atoms with Crippen molar-refractivity contribution in [2.24, 2.45) is 0 Å². The van der Waals surface area contributed by atoms with Gasteiger partial charge in [0, 0.05) is 10.6 Å². The highest BCUT2D eigenvalue weighted by Gasteiger charge is 2.03. The summed E-state index contributed by atoms with van der Waals surface area (Å²) in [5, 5.41) is 7.62. The fourth-order valence-corrected chi connectivity index (χ4v) is 2.78. The van der Waals surface area contributed by atoms with Crippen molar-refractivity contribution in [3.63, 3.8) is 0 Å². The van der Waals surface area contributed by atoms with E-state index in [0.717, 1.165) is 21.9 Å². The Morgan fingerprint density at radius 1 is 0.958 bits per heavy atom. The number of hydrogen-bond donors (Lipinski definition) is 2. The van der Waals surface area contributed by atoms with Gasteiger partial charge in [-0.2, -0.15) is 0 Å². The fraction of sp³-hybridized carbons (Fsp3) is 0.105. The number of carbonyl (C=O) groups is 1. The lowest BCUT2D eigenvalue weighted by Crippen LogP contribution is -2.27. The quantitative estimate of drug-likeness (QED) is 0.687. The second-order valence-corrected chi connectivity index (χ2v) is 6.22. The Kier molecular flexibility index (Phi) is 5.48. The van der Waals surface area contributed by atoms with Gasteiger partial charge < -0.3 is 15.4 Å². The molecule has 0 bridgehead atoms. The summed E-state index contributed by atoms with van der Waals surface area (Å²) < 4.78 is 5.72. The van der Waals surface area contributed by atoms with Crippen molar-refractivity contribution in [3.8, 4) is 5.75 Å². The lowest BCUT2D eigenvalue weighted by molar-refractivity contribution is 0.252. The lowest BCUT2D eigenvalue weighted by atomic mass is 10.2. The maximum absolute atomic E-state index is 11.9. The normalized spacial score (nSPS) is 10.2. The summed E-state index contributed by atoms with van der Waals surface area (Å²) in [7, 11) is 0. The largest absolute Gasteiger partial charge is 0.489 e. The van der Waals surface area contributed by atoms with Crippen LogP contribution in [0.2, 0.25) is 0 Å². The molecule has 0 unspecified atom stereocenters. The molecular formula is C19H18N2O2S. The van der Waals surface area contributed by atoms with Crippen molar-refractivity contribution in [2.75, 3.05) is 5.32 Å². The van der Waals surface area contributed by atoms with E-state index in [1.807, 2.05) is 72.1 Å². The summed E-state index contributed by atoms with van der Waals surface area (Å²) in [6.45, 7) is 1.05. The molecule has 24 heavy (non-hydrogen) atoms. The molecule has 0 saturated carbocycles. The molecule has 0 aliphatic rings. The Bertz CT molecular complexity index is 756. The number of amides is 2. The van der Waals surface area contributed by atoms with Crippen LogP contribution in [0.25, 0.3) is 0 Å². The van der Waals surface area contributed by atoms with Gasteiger partial charge in [0.15, 0.2) is 0 Å². The Hall–Kier alpha value is -2.79. The van der Waals surface area contributed by atoms with Crippen LogP contribution in [0.5, 0.6) is 5.75 Å². The monoisotopic (exact) mass is 338 g/mol. The third-order valence-electron chi connectivity index (χ3n) is 3.36. The van der Waals surface area contributed by atoms with Gasteiger partial charge in [-0.15, -0.1) is 11.3 Å².